The van der Waals surface area contributed by atoms with Gasteiger partial charge in [0.1, 0.15) is 0 Å². The molecule has 0 aromatic carbocycles. The molecular weight excluding hydrogens is 238 g/mol. The van der Waals surface area contributed by atoms with Gasteiger partial charge in [-0.2, -0.15) is 0 Å². The average molecular weight is 265 g/mol. The van der Waals surface area contributed by atoms with Gasteiger partial charge in [-0.3, -0.25) is 0 Å². The molecule has 0 N–H and O–H groups in total. The molecular formula is C16H27NS. The lowest BCUT2D eigenvalue weighted by Gasteiger charge is -2.20. The summed E-state index contributed by atoms with van der Waals surface area (Å²) in [4.78, 5) is 4.29. The Morgan fingerprint density at radius 1 is 1.28 bits per heavy atom. The molecule has 0 radical (unpaired) electrons. The Labute approximate surface area is 116 Å². The van der Waals surface area contributed by atoms with Crippen LogP contribution in [0.2, 0.25) is 0 Å². The van der Waals surface area contributed by atoms with Crippen molar-refractivity contribution in [2.24, 2.45) is 0 Å². The van der Waals surface area contributed by atoms with E-state index >= 15 is 0 Å². The molecule has 1 aliphatic rings. The van der Waals surface area contributed by atoms with Gasteiger partial charge in [-0.15, -0.1) is 11.3 Å². The molecule has 1 nitrogen and oxygen atoms in total. The van der Waals surface area contributed by atoms with E-state index in [-0.39, 0.29) is 0 Å². The molecule has 1 aromatic heterocycles. The molecule has 1 aromatic rings. The van der Waals surface area contributed by atoms with Crippen LogP contribution in [-0.4, -0.2) is 24.5 Å². The minimum absolute atomic E-state index is 0.714. The number of nitrogens with zero attached hydrogens (tertiary/aromatic N) is 1. The lowest BCUT2D eigenvalue weighted by atomic mass is 9.99. The van der Waals surface area contributed by atoms with Crippen molar-refractivity contribution >= 4 is 11.3 Å². The van der Waals surface area contributed by atoms with E-state index in [0.717, 1.165) is 0 Å². The van der Waals surface area contributed by atoms with Gasteiger partial charge in [0, 0.05) is 11.4 Å². The number of hydrogen-bond acceptors (Lipinski definition) is 2. The number of thiophene rings is 1. The van der Waals surface area contributed by atoms with Crippen LogP contribution in [0.15, 0.2) is 11.4 Å². The first-order chi connectivity index (χ1) is 8.81. The van der Waals surface area contributed by atoms with Crippen LogP contribution in [0, 0.1) is 0 Å². The fraction of sp³-hybridized carbons (Fsp3) is 0.750. The second-order valence-electron chi connectivity index (χ2n) is 5.66. The van der Waals surface area contributed by atoms with Crippen LogP contribution in [0.1, 0.15) is 62.3 Å². The third kappa shape index (κ3) is 3.83. The molecule has 0 saturated carbocycles. The summed E-state index contributed by atoms with van der Waals surface area (Å²) in [6.07, 6.45) is 8.16. The minimum atomic E-state index is 0.714. The first-order valence-corrected chi connectivity index (χ1v) is 8.48. The van der Waals surface area contributed by atoms with Crippen molar-refractivity contribution in [3.8, 4) is 0 Å². The first-order valence-electron chi connectivity index (χ1n) is 7.60. The van der Waals surface area contributed by atoms with Crippen molar-refractivity contribution in [1.29, 1.82) is 0 Å². The monoisotopic (exact) mass is 265 g/mol. The van der Waals surface area contributed by atoms with E-state index in [1.165, 1.54) is 58.2 Å². The molecule has 1 aliphatic heterocycles. The van der Waals surface area contributed by atoms with Gasteiger partial charge in [-0.25, -0.2) is 0 Å². The summed E-state index contributed by atoms with van der Waals surface area (Å²) in [5, 5.41) is 2.29. The molecule has 2 heterocycles. The van der Waals surface area contributed by atoms with Crippen molar-refractivity contribution in [1.82, 2.24) is 4.90 Å². The van der Waals surface area contributed by atoms with Crippen LogP contribution >= 0.6 is 11.3 Å². The molecule has 0 aliphatic carbocycles. The van der Waals surface area contributed by atoms with Crippen molar-refractivity contribution in [3.63, 3.8) is 0 Å². The van der Waals surface area contributed by atoms with Crippen molar-refractivity contribution in [2.45, 2.75) is 58.3 Å². The van der Waals surface area contributed by atoms with Crippen molar-refractivity contribution < 1.29 is 0 Å². The highest BCUT2D eigenvalue weighted by Crippen LogP contribution is 2.28. The van der Waals surface area contributed by atoms with Crippen molar-refractivity contribution in [3.05, 3.63) is 21.9 Å². The third-order valence-corrected chi connectivity index (χ3v) is 5.05. The maximum absolute atomic E-state index is 2.64. The summed E-state index contributed by atoms with van der Waals surface area (Å²) in [6.45, 7) is 8.59. The standard InChI is InChI=1S/C16H27NS/c1-3-4-5-8-16-15(9-12-18-16)14(2)13-17-10-6-7-11-17/h9,12,14H,3-8,10-11,13H2,1-2H3. The number of hydrogen-bond donors (Lipinski definition) is 0. The molecule has 0 bridgehead atoms. The zero-order valence-electron chi connectivity index (χ0n) is 12.0. The summed E-state index contributed by atoms with van der Waals surface area (Å²) in [5.74, 6) is 0.714. The fourth-order valence-electron chi connectivity index (χ4n) is 2.98. The molecule has 2 rings (SSSR count). The van der Waals surface area contributed by atoms with E-state index in [1.54, 1.807) is 10.4 Å². The van der Waals surface area contributed by atoms with E-state index in [4.69, 9.17) is 0 Å². The van der Waals surface area contributed by atoms with Crippen LogP contribution in [0.5, 0.6) is 0 Å². The second kappa shape index (κ2) is 7.30. The Hall–Kier alpha value is -0.340. The highest BCUT2D eigenvalue weighted by molar-refractivity contribution is 7.10. The minimum Gasteiger partial charge on any atom is -0.303 e. The van der Waals surface area contributed by atoms with Crippen LogP contribution in [0.25, 0.3) is 0 Å². The Morgan fingerprint density at radius 3 is 2.78 bits per heavy atom. The summed E-state index contributed by atoms with van der Waals surface area (Å²) in [6, 6.07) is 2.37. The summed E-state index contributed by atoms with van der Waals surface area (Å²) >= 11 is 1.97. The zero-order chi connectivity index (χ0) is 12.8. The second-order valence-corrected chi connectivity index (χ2v) is 6.67. The van der Waals surface area contributed by atoms with E-state index in [2.05, 4.69) is 30.2 Å². The predicted octanol–water partition coefficient (Wildman–Crippen LogP) is 4.68. The normalized spacial score (nSPS) is 18.3. The summed E-state index contributed by atoms with van der Waals surface area (Å²) in [7, 11) is 0. The Morgan fingerprint density at radius 2 is 2.06 bits per heavy atom. The molecule has 1 atom stereocenters. The maximum atomic E-state index is 2.64. The van der Waals surface area contributed by atoms with E-state index in [0.29, 0.717) is 5.92 Å². The van der Waals surface area contributed by atoms with Gasteiger partial charge in [0.2, 0.25) is 0 Å². The molecule has 0 spiro atoms. The van der Waals surface area contributed by atoms with E-state index < -0.39 is 0 Å². The van der Waals surface area contributed by atoms with Gasteiger partial charge < -0.3 is 4.90 Å². The number of likely N-dealkylation sites (tertiary alicyclic amines) is 1. The highest BCUT2D eigenvalue weighted by Gasteiger charge is 2.18. The summed E-state index contributed by atoms with van der Waals surface area (Å²) in [5.41, 5.74) is 1.63. The third-order valence-electron chi connectivity index (χ3n) is 4.05. The van der Waals surface area contributed by atoms with Gasteiger partial charge in [0.25, 0.3) is 0 Å². The Bertz CT molecular complexity index is 339. The lowest BCUT2D eigenvalue weighted by molar-refractivity contribution is 0.320. The average Bonchev–Trinajstić information content (AvgIpc) is 3.00. The van der Waals surface area contributed by atoms with E-state index in [1.807, 2.05) is 11.3 Å². The summed E-state index contributed by atoms with van der Waals surface area (Å²) < 4.78 is 0. The topological polar surface area (TPSA) is 3.24 Å². The molecule has 1 unspecified atom stereocenters. The predicted molar refractivity (Wildman–Crippen MR) is 81.6 cm³/mol. The van der Waals surface area contributed by atoms with Crippen molar-refractivity contribution in [2.75, 3.05) is 19.6 Å². The van der Waals surface area contributed by atoms with Gasteiger partial charge in [0.15, 0.2) is 0 Å². The fourth-order valence-corrected chi connectivity index (χ4v) is 4.03. The van der Waals surface area contributed by atoms with Crippen LogP contribution in [-0.2, 0) is 6.42 Å². The van der Waals surface area contributed by atoms with Crippen LogP contribution in [0.3, 0.4) is 0 Å². The molecule has 18 heavy (non-hydrogen) atoms. The maximum Gasteiger partial charge on any atom is 0.00804 e. The smallest absolute Gasteiger partial charge is 0.00804 e. The molecule has 0 amide bonds. The molecule has 102 valence electrons. The zero-order valence-corrected chi connectivity index (χ0v) is 12.8. The van der Waals surface area contributed by atoms with Crippen LogP contribution in [0.4, 0.5) is 0 Å². The van der Waals surface area contributed by atoms with Gasteiger partial charge >= 0.3 is 0 Å². The number of rotatable bonds is 7. The lowest BCUT2D eigenvalue weighted by Crippen LogP contribution is -2.24. The van der Waals surface area contributed by atoms with Gasteiger partial charge in [-0.05, 0) is 61.7 Å². The van der Waals surface area contributed by atoms with Crippen LogP contribution < -0.4 is 0 Å². The number of aryl methyl sites for hydroxylation is 1. The molecule has 1 fully saturated rings. The van der Waals surface area contributed by atoms with Gasteiger partial charge in [-0.1, -0.05) is 26.7 Å². The SMILES string of the molecule is CCCCCc1sccc1C(C)CN1CCCC1. The molecule has 1 saturated heterocycles. The largest absolute Gasteiger partial charge is 0.303 e. The Balaban J connectivity index is 1.88. The van der Waals surface area contributed by atoms with E-state index in [9.17, 15) is 0 Å². The van der Waals surface area contributed by atoms with Gasteiger partial charge in [0.05, 0.1) is 0 Å². The quantitative estimate of drug-likeness (QED) is 0.647. The first kappa shape index (κ1) is 14.1. The Kier molecular flexibility index (Phi) is 5.71. The number of unbranched alkanes of at least 4 members (excludes halogenated alkanes) is 2. The molecule has 2 heteroatoms. The highest BCUT2D eigenvalue weighted by atomic mass is 32.1.